The van der Waals surface area contributed by atoms with Gasteiger partial charge >= 0.3 is 5.76 Å². The molecule has 1 fully saturated rings. The van der Waals surface area contributed by atoms with Crippen LogP contribution in [0.3, 0.4) is 0 Å². The minimum absolute atomic E-state index is 0.0810. The van der Waals surface area contributed by atoms with Crippen molar-refractivity contribution in [1.82, 2.24) is 9.88 Å². The van der Waals surface area contributed by atoms with Gasteiger partial charge in [-0.05, 0) is 42.8 Å². The molecule has 0 bridgehead atoms. The van der Waals surface area contributed by atoms with Crippen molar-refractivity contribution in [3.63, 3.8) is 0 Å². The Bertz CT molecular complexity index is 1150. The van der Waals surface area contributed by atoms with Crippen LogP contribution in [0.2, 0.25) is 0 Å². The summed E-state index contributed by atoms with van der Waals surface area (Å²) in [6, 6.07) is 11.9. The summed E-state index contributed by atoms with van der Waals surface area (Å²) in [7, 11) is 0. The fourth-order valence-corrected chi connectivity index (χ4v) is 4.34. The van der Waals surface area contributed by atoms with Gasteiger partial charge in [0.05, 0.1) is 18.7 Å². The number of aromatic nitrogens is 1. The number of oxazole rings is 1. The number of hydrogen-bond acceptors (Lipinski definition) is 6. The topological polar surface area (TPSA) is 90.8 Å². The smallest absolute Gasteiger partial charge is 0.417 e. The maximum absolute atomic E-state index is 12.5. The van der Waals surface area contributed by atoms with Gasteiger partial charge in [0, 0.05) is 49.5 Å². The van der Waals surface area contributed by atoms with Crippen molar-refractivity contribution >= 4 is 28.4 Å². The number of rotatable bonds is 4. The first-order chi connectivity index (χ1) is 14.5. The first-order valence-corrected chi connectivity index (χ1v) is 10.2. The van der Waals surface area contributed by atoms with E-state index in [9.17, 15) is 9.59 Å². The number of carbonyl (C=O) groups excluding carboxylic acids is 1. The van der Waals surface area contributed by atoms with E-state index in [0.717, 1.165) is 38.4 Å². The Labute approximate surface area is 173 Å². The predicted molar refractivity (Wildman–Crippen MR) is 114 cm³/mol. The van der Waals surface area contributed by atoms with Crippen molar-refractivity contribution in [2.45, 2.75) is 19.4 Å². The summed E-state index contributed by atoms with van der Waals surface area (Å²) < 4.78 is 10.7. The highest BCUT2D eigenvalue weighted by Crippen LogP contribution is 2.31. The summed E-state index contributed by atoms with van der Waals surface area (Å²) in [6.45, 7) is 5.78. The lowest BCUT2D eigenvalue weighted by molar-refractivity contribution is -0.117. The Morgan fingerprint density at radius 3 is 3.00 bits per heavy atom. The molecule has 1 saturated heterocycles. The second kappa shape index (κ2) is 7.53. The highest BCUT2D eigenvalue weighted by atomic mass is 16.5. The number of ether oxygens (including phenoxy) is 1. The predicted octanol–water partition coefficient (Wildman–Crippen LogP) is 2.21. The highest BCUT2D eigenvalue weighted by Gasteiger charge is 2.26. The van der Waals surface area contributed by atoms with Crippen LogP contribution in [0.1, 0.15) is 12.5 Å². The second-order valence-corrected chi connectivity index (χ2v) is 7.94. The molecule has 2 N–H and O–H groups in total. The third-order valence-corrected chi connectivity index (χ3v) is 5.79. The molecule has 0 saturated carbocycles. The Morgan fingerprint density at radius 2 is 2.13 bits per heavy atom. The minimum atomic E-state index is -0.503. The van der Waals surface area contributed by atoms with Gasteiger partial charge in [0.25, 0.3) is 0 Å². The molecule has 156 valence electrons. The lowest BCUT2D eigenvalue weighted by atomic mass is 10.1. The fourth-order valence-electron chi connectivity index (χ4n) is 4.34. The standard InChI is InChI=1S/C22H24N4O4/c1-14-12-25(7-8-26(14)17-3-5-19-15(10-17)6-9-29-19)13-21(27)23-16-2-4-18-20(11-16)30-22(28)24-18/h2-5,10-11,14H,6-9,12-13H2,1H3,(H,23,27)(H,24,28)/t14-/m1/s1. The van der Waals surface area contributed by atoms with E-state index in [-0.39, 0.29) is 5.91 Å². The summed E-state index contributed by atoms with van der Waals surface area (Å²) >= 11 is 0. The molecule has 8 heteroatoms. The number of carbonyl (C=O) groups is 1. The molecule has 0 unspecified atom stereocenters. The number of piperazine rings is 1. The third-order valence-electron chi connectivity index (χ3n) is 5.79. The van der Waals surface area contributed by atoms with E-state index >= 15 is 0 Å². The monoisotopic (exact) mass is 408 g/mol. The summed E-state index contributed by atoms with van der Waals surface area (Å²) in [5.41, 5.74) is 4.15. The summed E-state index contributed by atoms with van der Waals surface area (Å²) in [4.78, 5) is 31.0. The molecule has 3 heterocycles. The van der Waals surface area contributed by atoms with E-state index < -0.39 is 5.76 Å². The molecular formula is C22H24N4O4. The number of nitrogens with one attached hydrogen (secondary N) is 2. The van der Waals surface area contributed by atoms with Gasteiger partial charge in [0.2, 0.25) is 5.91 Å². The van der Waals surface area contributed by atoms with Crippen molar-refractivity contribution in [2.75, 3.05) is 43.0 Å². The first-order valence-electron chi connectivity index (χ1n) is 10.2. The molecule has 2 aliphatic heterocycles. The second-order valence-electron chi connectivity index (χ2n) is 7.94. The zero-order valence-electron chi connectivity index (χ0n) is 16.8. The van der Waals surface area contributed by atoms with Crippen LogP contribution in [0, 0.1) is 0 Å². The number of benzene rings is 2. The summed E-state index contributed by atoms with van der Waals surface area (Å²) in [6.07, 6.45) is 0.968. The quantitative estimate of drug-likeness (QED) is 0.688. The van der Waals surface area contributed by atoms with Crippen LogP contribution < -0.4 is 20.7 Å². The SMILES string of the molecule is C[C@@H]1CN(CC(=O)Nc2ccc3[nH]c(=O)oc3c2)CCN1c1ccc2c(c1)CCO2. The molecule has 3 aromatic rings. The number of amides is 1. The van der Waals surface area contributed by atoms with Crippen LogP contribution in [0.4, 0.5) is 11.4 Å². The molecule has 0 radical (unpaired) electrons. The van der Waals surface area contributed by atoms with Gasteiger partial charge in [-0.3, -0.25) is 14.7 Å². The summed E-state index contributed by atoms with van der Waals surface area (Å²) in [5, 5.41) is 2.89. The first kappa shape index (κ1) is 18.7. The molecule has 2 aliphatic rings. The zero-order valence-corrected chi connectivity index (χ0v) is 16.8. The fraction of sp³-hybridized carbons (Fsp3) is 0.364. The van der Waals surface area contributed by atoms with Crippen LogP contribution >= 0.6 is 0 Å². The Hall–Kier alpha value is -3.26. The van der Waals surface area contributed by atoms with Gasteiger partial charge in [-0.2, -0.15) is 0 Å². The average Bonchev–Trinajstić information content (AvgIpc) is 3.32. The lowest BCUT2D eigenvalue weighted by Crippen LogP contribution is -2.53. The van der Waals surface area contributed by atoms with Gasteiger partial charge in [-0.25, -0.2) is 4.79 Å². The lowest BCUT2D eigenvalue weighted by Gasteiger charge is -2.41. The molecule has 5 rings (SSSR count). The summed E-state index contributed by atoms with van der Waals surface area (Å²) in [5.74, 6) is 0.414. The van der Waals surface area contributed by atoms with Gasteiger partial charge in [-0.15, -0.1) is 0 Å². The number of aromatic amines is 1. The number of hydrogen-bond donors (Lipinski definition) is 2. The molecule has 0 spiro atoms. The average molecular weight is 408 g/mol. The van der Waals surface area contributed by atoms with E-state index in [2.05, 4.69) is 45.2 Å². The van der Waals surface area contributed by atoms with Crippen molar-refractivity contribution in [3.05, 3.63) is 52.5 Å². The number of anilines is 2. The molecule has 2 aromatic carbocycles. The van der Waals surface area contributed by atoms with E-state index in [4.69, 9.17) is 9.15 Å². The third kappa shape index (κ3) is 3.66. The van der Waals surface area contributed by atoms with Crippen molar-refractivity contribution < 1.29 is 13.9 Å². The molecule has 8 nitrogen and oxygen atoms in total. The number of fused-ring (bicyclic) bond motifs is 2. The Balaban J connectivity index is 1.19. The van der Waals surface area contributed by atoms with Crippen LogP contribution in [-0.4, -0.2) is 54.6 Å². The number of H-pyrrole nitrogens is 1. The molecule has 0 aliphatic carbocycles. The molecular weight excluding hydrogens is 384 g/mol. The van der Waals surface area contributed by atoms with Crippen molar-refractivity contribution in [1.29, 1.82) is 0 Å². The van der Waals surface area contributed by atoms with Crippen LogP contribution in [-0.2, 0) is 11.2 Å². The maximum Gasteiger partial charge on any atom is 0.417 e. The normalized spacial score (nSPS) is 19.0. The van der Waals surface area contributed by atoms with Gasteiger partial charge < -0.3 is 19.4 Å². The molecule has 1 aromatic heterocycles. The van der Waals surface area contributed by atoms with Gasteiger partial charge in [0.1, 0.15) is 5.75 Å². The molecule has 30 heavy (non-hydrogen) atoms. The van der Waals surface area contributed by atoms with Crippen molar-refractivity contribution in [3.8, 4) is 5.75 Å². The Morgan fingerprint density at radius 1 is 1.23 bits per heavy atom. The van der Waals surface area contributed by atoms with Crippen LogP contribution in [0.5, 0.6) is 5.75 Å². The highest BCUT2D eigenvalue weighted by molar-refractivity contribution is 5.94. The maximum atomic E-state index is 12.5. The van der Waals surface area contributed by atoms with Crippen LogP contribution in [0.25, 0.3) is 11.1 Å². The Kier molecular flexibility index (Phi) is 4.71. The molecule has 1 atom stereocenters. The number of nitrogens with zero attached hydrogens (tertiary/aromatic N) is 2. The van der Waals surface area contributed by atoms with E-state index in [1.165, 1.54) is 11.3 Å². The van der Waals surface area contributed by atoms with Crippen molar-refractivity contribution in [2.24, 2.45) is 0 Å². The van der Waals surface area contributed by atoms with E-state index in [1.807, 2.05) is 0 Å². The van der Waals surface area contributed by atoms with Crippen LogP contribution in [0.15, 0.2) is 45.6 Å². The van der Waals surface area contributed by atoms with E-state index in [1.54, 1.807) is 18.2 Å². The minimum Gasteiger partial charge on any atom is -0.493 e. The molecule has 1 amide bonds. The van der Waals surface area contributed by atoms with E-state index in [0.29, 0.717) is 29.4 Å². The zero-order chi connectivity index (χ0) is 20.7. The van der Waals surface area contributed by atoms with Gasteiger partial charge in [0.15, 0.2) is 5.58 Å². The van der Waals surface area contributed by atoms with Gasteiger partial charge in [-0.1, -0.05) is 0 Å². The largest absolute Gasteiger partial charge is 0.493 e.